The molecule has 1 amide bonds. The molecule has 1 aromatic carbocycles. The van der Waals surface area contributed by atoms with E-state index >= 15 is 0 Å². The normalized spacial score (nSPS) is 14.4. The largest absolute Gasteiger partial charge is 0.458 e. The number of ether oxygens (including phenoxy) is 3. The van der Waals surface area contributed by atoms with E-state index in [1.165, 1.54) is 0 Å². The number of carbonyl (C=O) groups is 2. The molecule has 3 rings (SSSR count). The van der Waals surface area contributed by atoms with Crippen molar-refractivity contribution < 1.29 is 23.8 Å². The third-order valence-electron chi connectivity index (χ3n) is 6.39. The van der Waals surface area contributed by atoms with E-state index in [-0.39, 0.29) is 18.1 Å². The first-order valence-electron chi connectivity index (χ1n) is 14.5. The van der Waals surface area contributed by atoms with Gasteiger partial charge in [0.1, 0.15) is 17.4 Å². The second-order valence-corrected chi connectivity index (χ2v) is 11.3. The van der Waals surface area contributed by atoms with Crippen LogP contribution in [0.5, 0.6) is 5.75 Å². The van der Waals surface area contributed by atoms with Crippen molar-refractivity contribution in [1.82, 2.24) is 14.9 Å². The molecule has 1 aliphatic heterocycles. The van der Waals surface area contributed by atoms with E-state index in [9.17, 15) is 9.59 Å². The summed E-state index contributed by atoms with van der Waals surface area (Å²) in [6.07, 6.45) is 2.43. The number of esters is 1. The van der Waals surface area contributed by atoms with Gasteiger partial charge in [-0.1, -0.05) is 12.1 Å². The summed E-state index contributed by atoms with van der Waals surface area (Å²) in [6, 6.07) is 6.85. The Kier molecular flexibility index (Phi) is 11.6. The molecule has 1 saturated heterocycles. The summed E-state index contributed by atoms with van der Waals surface area (Å²) in [4.78, 5) is 38.8. The van der Waals surface area contributed by atoms with Crippen LogP contribution in [0.15, 0.2) is 30.5 Å². The number of rotatable bonds is 12. The summed E-state index contributed by atoms with van der Waals surface area (Å²) in [5.41, 5.74) is 1.08. The van der Waals surface area contributed by atoms with Crippen molar-refractivity contribution in [3.8, 4) is 5.75 Å². The Morgan fingerprint density at radius 1 is 1.07 bits per heavy atom. The molecule has 2 aromatic rings. The number of hydrogen-bond donors (Lipinski definition) is 2. The first-order valence-corrected chi connectivity index (χ1v) is 14.5. The topological polar surface area (TPSA) is 118 Å². The summed E-state index contributed by atoms with van der Waals surface area (Å²) in [6.45, 7) is 17.3. The lowest BCUT2D eigenvalue weighted by Crippen LogP contribution is -2.42. The molecular weight excluding hydrogens is 524 g/mol. The molecule has 0 aliphatic carbocycles. The van der Waals surface area contributed by atoms with Crippen LogP contribution >= 0.6 is 0 Å². The minimum absolute atomic E-state index is 0.147. The summed E-state index contributed by atoms with van der Waals surface area (Å²) >= 11 is 0. The second kappa shape index (κ2) is 14.9. The quantitative estimate of drug-likeness (QED) is 0.347. The van der Waals surface area contributed by atoms with Crippen LogP contribution in [0.1, 0.15) is 60.5 Å². The molecule has 1 fully saturated rings. The number of aromatic nitrogens is 2. The van der Waals surface area contributed by atoms with Crippen LogP contribution in [0.2, 0.25) is 0 Å². The summed E-state index contributed by atoms with van der Waals surface area (Å²) in [7, 11) is 0. The van der Waals surface area contributed by atoms with Gasteiger partial charge in [0, 0.05) is 32.2 Å². The number of aryl methyl sites for hydroxylation is 1. The predicted octanol–water partition coefficient (Wildman–Crippen LogP) is 4.73. The second-order valence-electron chi connectivity index (χ2n) is 11.3. The number of hydrogen-bond acceptors (Lipinski definition) is 10. The van der Waals surface area contributed by atoms with Crippen molar-refractivity contribution in [2.24, 2.45) is 0 Å². The van der Waals surface area contributed by atoms with E-state index < -0.39 is 11.6 Å². The molecule has 0 spiro atoms. The van der Waals surface area contributed by atoms with Crippen molar-refractivity contribution in [2.45, 2.75) is 79.0 Å². The maximum Gasteiger partial charge on any atom is 0.415 e. The number of benzene rings is 1. The van der Waals surface area contributed by atoms with E-state index in [1.807, 2.05) is 46.8 Å². The van der Waals surface area contributed by atoms with Crippen LogP contribution in [0.25, 0.3) is 0 Å². The maximum absolute atomic E-state index is 13.3. The Morgan fingerprint density at radius 3 is 2.32 bits per heavy atom. The molecule has 0 radical (unpaired) electrons. The highest BCUT2D eigenvalue weighted by atomic mass is 16.6. The fourth-order valence-electron chi connectivity index (χ4n) is 4.29. The fraction of sp³-hybridized carbons (Fsp3) is 0.600. The van der Waals surface area contributed by atoms with Gasteiger partial charge in [0.15, 0.2) is 5.82 Å². The van der Waals surface area contributed by atoms with Gasteiger partial charge in [0.05, 0.1) is 25.1 Å². The number of amides is 1. The lowest BCUT2D eigenvalue weighted by molar-refractivity contribution is -0.155. The predicted molar refractivity (Wildman–Crippen MR) is 161 cm³/mol. The minimum Gasteiger partial charge on any atom is -0.458 e. The van der Waals surface area contributed by atoms with E-state index in [2.05, 4.69) is 34.4 Å². The van der Waals surface area contributed by atoms with Crippen molar-refractivity contribution in [3.05, 3.63) is 36.0 Å². The smallest absolute Gasteiger partial charge is 0.415 e. The lowest BCUT2D eigenvalue weighted by Gasteiger charge is -2.27. The van der Waals surface area contributed by atoms with Gasteiger partial charge in [-0.2, -0.15) is 4.98 Å². The van der Waals surface area contributed by atoms with E-state index in [0.29, 0.717) is 56.7 Å². The van der Waals surface area contributed by atoms with Crippen LogP contribution in [-0.2, 0) is 20.7 Å². The molecule has 0 unspecified atom stereocenters. The lowest BCUT2D eigenvalue weighted by atomic mass is 10.0. The van der Waals surface area contributed by atoms with Gasteiger partial charge in [-0.05, 0) is 79.0 Å². The van der Waals surface area contributed by atoms with Gasteiger partial charge in [0.2, 0.25) is 5.95 Å². The van der Waals surface area contributed by atoms with E-state index in [0.717, 1.165) is 24.3 Å². The number of nitrogens with zero attached hydrogens (tertiary/aromatic N) is 4. The number of anilines is 3. The molecule has 11 heteroatoms. The Balaban J connectivity index is 1.76. The molecule has 1 aromatic heterocycles. The fourth-order valence-corrected chi connectivity index (χ4v) is 4.29. The summed E-state index contributed by atoms with van der Waals surface area (Å²) in [5, 5.41) is 6.74. The molecule has 0 saturated carbocycles. The molecule has 226 valence electrons. The highest BCUT2D eigenvalue weighted by Gasteiger charge is 2.27. The monoisotopic (exact) mass is 570 g/mol. The average molecular weight is 571 g/mol. The Bertz CT molecular complexity index is 1130. The van der Waals surface area contributed by atoms with Crippen molar-refractivity contribution in [2.75, 3.05) is 54.9 Å². The van der Waals surface area contributed by atoms with Gasteiger partial charge in [0.25, 0.3) is 0 Å². The zero-order valence-electron chi connectivity index (χ0n) is 25.5. The summed E-state index contributed by atoms with van der Waals surface area (Å²) in [5.74, 6) is 1.27. The first-order chi connectivity index (χ1) is 19.5. The number of nitrogens with one attached hydrogen (secondary N) is 2. The number of morpholine rings is 1. The van der Waals surface area contributed by atoms with Gasteiger partial charge >= 0.3 is 12.1 Å². The van der Waals surface area contributed by atoms with Crippen molar-refractivity contribution >= 4 is 29.5 Å². The van der Waals surface area contributed by atoms with Gasteiger partial charge in [-0.3, -0.25) is 0 Å². The average Bonchev–Trinajstić information content (AvgIpc) is 2.93. The van der Waals surface area contributed by atoms with Crippen LogP contribution in [-0.4, -0.2) is 84.0 Å². The van der Waals surface area contributed by atoms with E-state index in [4.69, 9.17) is 19.2 Å². The van der Waals surface area contributed by atoms with Gasteiger partial charge in [-0.25, -0.2) is 14.6 Å². The highest BCUT2D eigenvalue weighted by molar-refractivity contribution is 5.81. The maximum atomic E-state index is 13.3. The molecular formula is C30H46N6O5. The van der Waals surface area contributed by atoms with Crippen LogP contribution in [0, 0.1) is 0 Å². The molecule has 1 atom stereocenters. The zero-order valence-corrected chi connectivity index (χ0v) is 25.5. The van der Waals surface area contributed by atoms with Gasteiger partial charge < -0.3 is 34.6 Å². The molecule has 41 heavy (non-hydrogen) atoms. The Hall–Kier alpha value is -3.60. The van der Waals surface area contributed by atoms with Gasteiger partial charge in [-0.15, -0.1) is 0 Å². The van der Waals surface area contributed by atoms with Crippen LogP contribution in [0.4, 0.5) is 22.2 Å². The Labute approximate surface area is 244 Å². The molecule has 0 bridgehead atoms. The SMILES string of the molecule is CCN(CC)c1ncc(NC(C)C)c(N[C@@H](CCc2ccc(OC(=O)N3CCOCC3)cc2)C(=O)OC(C)(C)C)n1. The van der Waals surface area contributed by atoms with Crippen LogP contribution in [0.3, 0.4) is 0 Å². The molecule has 2 N–H and O–H groups in total. The highest BCUT2D eigenvalue weighted by Crippen LogP contribution is 2.25. The van der Waals surface area contributed by atoms with Crippen molar-refractivity contribution in [1.29, 1.82) is 0 Å². The standard InChI is InChI=1S/C30H46N6O5/c1-8-35(9-2)28-31-20-25(32-21(3)4)26(34-28)33-24(27(37)41-30(5,6)7)15-12-22-10-13-23(14-11-22)40-29(38)36-16-18-39-19-17-36/h10-11,13-14,20-21,24,32H,8-9,12,15-19H2,1-7H3,(H,31,33,34)/t24-/m0/s1. The van der Waals surface area contributed by atoms with Crippen LogP contribution < -0.4 is 20.3 Å². The number of carbonyl (C=O) groups excluding carboxylic acids is 2. The molecule has 11 nitrogen and oxygen atoms in total. The summed E-state index contributed by atoms with van der Waals surface area (Å²) < 4.78 is 16.6. The minimum atomic E-state index is -0.653. The Morgan fingerprint density at radius 2 is 1.73 bits per heavy atom. The first kappa shape index (κ1) is 31.9. The van der Waals surface area contributed by atoms with E-state index in [1.54, 1.807) is 23.2 Å². The molecule has 1 aliphatic rings. The van der Waals surface area contributed by atoms with Crippen molar-refractivity contribution in [3.63, 3.8) is 0 Å². The third-order valence-corrected chi connectivity index (χ3v) is 6.39. The third kappa shape index (κ3) is 10.1. The molecule has 2 heterocycles. The zero-order chi connectivity index (χ0) is 30.0.